The Kier molecular flexibility index (Phi) is 5.89. The van der Waals surface area contributed by atoms with Gasteiger partial charge in [-0.05, 0) is 32.9 Å². The van der Waals surface area contributed by atoms with Crippen molar-refractivity contribution in [2.75, 3.05) is 18.6 Å². The third kappa shape index (κ3) is 4.85. The molecule has 0 fully saturated rings. The molecule has 1 atom stereocenters. The molecule has 0 saturated carbocycles. The molecule has 0 amide bonds. The van der Waals surface area contributed by atoms with E-state index in [1.807, 2.05) is 0 Å². The number of aliphatic hydroxyl groups excluding tert-OH is 1. The quantitative estimate of drug-likeness (QED) is 0.793. The molecule has 25 heavy (non-hydrogen) atoms. The second-order valence-electron chi connectivity index (χ2n) is 6.67. The zero-order chi connectivity index (χ0) is 18.6. The van der Waals surface area contributed by atoms with Crippen LogP contribution in [-0.2, 0) is 14.3 Å². The maximum absolute atomic E-state index is 14.0. The molecule has 1 N–H and O–H groups in total. The summed E-state index contributed by atoms with van der Waals surface area (Å²) in [4.78, 5) is 13.6. The monoisotopic (exact) mass is 353 g/mol. The summed E-state index contributed by atoms with van der Waals surface area (Å²) >= 11 is 0. The normalized spacial score (nSPS) is 17.1. The number of nitrogens with zero attached hydrogens (tertiary/aromatic N) is 1. The number of hydrogen-bond donors (Lipinski definition) is 1. The highest BCUT2D eigenvalue weighted by molar-refractivity contribution is 5.70. The first-order valence-corrected chi connectivity index (χ1v) is 8.05. The van der Waals surface area contributed by atoms with Gasteiger partial charge in [-0.15, -0.1) is 0 Å². The highest BCUT2D eigenvalue weighted by Crippen LogP contribution is 2.32. The smallest absolute Gasteiger partial charge is 0.306 e. The Hall–Kier alpha value is -2.28. The van der Waals surface area contributed by atoms with Crippen molar-refractivity contribution in [1.29, 1.82) is 0 Å². The van der Waals surface area contributed by atoms with Crippen molar-refractivity contribution in [2.24, 2.45) is 0 Å². The molecule has 1 aromatic carbocycles. The molecule has 1 heterocycles. The molecule has 0 aliphatic carbocycles. The van der Waals surface area contributed by atoms with E-state index in [1.165, 1.54) is 25.5 Å². The van der Waals surface area contributed by atoms with E-state index in [1.54, 1.807) is 31.7 Å². The number of carbonyl (C=O) groups excluding carboxylic acids is 1. The highest BCUT2D eigenvalue weighted by Gasteiger charge is 2.30. The SMILES string of the molecule is COc1ccc(N2C(CO)=COC2CCC(=O)OC(C)(C)C)cc1F. The number of rotatable bonds is 6. The van der Waals surface area contributed by atoms with Crippen LogP contribution in [-0.4, -0.2) is 36.6 Å². The topological polar surface area (TPSA) is 68.2 Å². The van der Waals surface area contributed by atoms with Crippen LogP contribution in [0.2, 0.25) is 0 Å². The van der Waals surface area contributed by atoms with Gasteiger partial charge in [0.15, 0.2) is 17.8 Å². The van der Waals surface area contributed by atoms with Gasteiger partial charge in [0, 0.05) is 18.2 Å². The predicted molar refractivity (Wildman–Crippen MR) is 90.6 cm³/mol. The van der Waals surface area contributed by atoms with Gasteiger partial charge >= 0.3 is 5.97 Å². The number of carbonyl (C=O) groups is 1. The van der Waals surface area contributed by atoms with Crippen LogP contribution >= 0.6 is 0 Å². The summed E-state index contributed by atoms with van der Waals surface area (Å²) < 4.78 is 29.8. The number of esters is 1. The van der Waals surface area contributed by atoms with Crippen molar-refractivity contribution in [3.63, 3.8) is 0 Å². The highest BCUT2D eigenvalue weighted by atomic mass is 19.1. The fourth-order valence-corrected chi connectivity index (χ4v) is 2.54. The summed E-state index contributed by atoms with van der Waals surface area (Å²) in [7, 11) is 1.39. The molecule has 2 rings (SSSR count). The van der Waals surface area contributed by atoms with Gasteiger partial charge in [-0.25, -0.2) is 4.39 Å². The molecule has 7 heteroatoms. The van der Waals surface area contributed by atoms with Gasteiger partial charge in [0.1, 0.15) is 11.9 Å². The number of benzene rings is 1. The van der Waals surface area contributed by atoms with Crippen LogP contribution in [0.1, 0.15) is 33.6 Å². The molecule has 1 aliphatic heterocycles. The molecule has 1 aliphatic rings. The van der Waals surface area contributed by atoms with E-state index < -0.39 is 17.6 Å². The molecule has 138 valence electrons. The first-order chi connectivity index (χ1) is 11.7. The molecule has 0 aromatic heterocycles. The van der Waals surface area contributed by atoms with Gasteiger partial charge in [0.05, 0.1) is 25.8 Å². The van der Waals surface area contributed by atoms with Crippen molar-refractivity contribution in [3.05, 3.63) is 36.0 Å². The molecule has 6 nitrogen and oxygen atoms in total. The number of hydrogen-bond acceptors (Lipinski definition) is 6. The Labute approximate surface area is 146 Å². The van der Waals surface area contributed by atoms with Crippen LogP contribution in [0.15, 0.2) is 30.2 Å². The maximum Gasteiger partial charge on any atom is 0.306 e. The summed E-state index contributed by atoms with van der Waals surface area (Å²) in [6.07, 6.45) is 1.37. The van der Waals surface area contributed by atoms with Crippen LogP contribution < -0.4 is 9.64 Å². The summed E-state index contributed by atoms with van der Waals surface area (Å²) in [5.41, 5.74) is 0.435. The Balaban J connectivity index is 2.11. The van der Waals surface area contributed by atoms with Crippen molar-refractivity contribution >= 4 is 11.7 Å². The summed E-state index contributed by atoms with van der Waals surface area (Å²) in [5, 5.41) is 9.52. The Morgan fingerprint density at radius 3 is 2.68 bits per heavy atom. The molecular formula is C18H24FNO5. The molecule has 1 unspecified atom stereocenters. The molecule has 0 saturated heterocycles. The zero-order valence-corrected chi connectivity index (χ0v) is 14.9. The summed E-state index contributed by atoms with van der Waals surface area (Å²) in [6.45, 7) is 5.13. The first kappa shape index (κ1) is 19.1. The fraction of sp³-hybridized carbons (Fsp3) is 0.500. The number of anilines is 1. The third-order valence-electron chi connectivity index (χ3n) is 3.55. The molecule has 0 bridgehead atoms. The van der Waals surface area contributed by atoms with Gasteiger partial charge < -0.3 is 24.2 Å². The largest absolute Gasteiger partial charge is 0.494 e. The Morgan fingerprint density at radius 1 is 1.40 bits per heavy atom. The molecule has 0 radical (unpaired) electrons. The predicted octanol–water partition coefficient (Wildman–Crippen LogP) is 2.95. The lowest BCUT2D eigenvalue weighted by Crippen LogP contribution is -2.33. The van der Waals surface area contributed by atoms with E-state index in [2.05, 4.69) is 0 Å². The van der Waals surface area contributed by atoms with Gasteiger partial charge in [0.2, 0.25) is 0 Å². The van der Waals surface area contributed by atoms with Crippen LogP contribution in [0.4, 0.5) is 10.1 Å². The van der Waals surface area contributed by atoms with E-state index in [4.69, 9.17) is 14.2 Å². The van der Waals surface area contributed by atoms with Crippen molar-refractivity contribution in [3.8, 4) is 5.75 Å². The van der Waals surface area contributed by atoms with Gasteiger partial charge in [0.25, 0.3) is 0 Å². The number of aliphatic hydroxyl groups is 1. The lowest BCUT2D eigenvalue weighted by molar-refractivity contribution is -0.155. The molecular weight excluding hydrogens is 329 g/mol. The second-order valence-corrected chi connectivity index (χ2v) is 6.67. The minimum atomic E-state index is -0.555. The third-order valence-corrected chi connectivity index (χ3v) is 3.55. The number of methoxy groups -OCH3 is 1. The summed E-state index contributed by atoms with van der Waals surface area (Å²) in [5.74, 6) is -0.729. The van der Waals surface area contributed by atoms with E-state index in [0.717, 1.165) is 0 Å². The van der Waals surface area contributed by atoms with Crippen LogP contribution in [0.5, 0.6) is 5.75 Å². The molecule has 0 spiro atoms. The van der Waals surface area contributed by atoms with Gasteiger partial charge in [-0.2, -0.15) is 0 Å². The van der Waals surface area contributed by atoms with E-state index in [0.29, 0.717) is 17.8 Å². The molecule has 1 aromatic rings. The number of ether oxygens (including phenoxy) is 3. The van der Waals surface area contributed by atoms with Gasteiger partial charge in [-0.3, -0.25) is 4.79 Å². The average Bonchev–Trinajstić information content (AvgIpc) is 2.94. The lowest BCUT2D eigenvalue weighted by atomic mass is 10.2. The second kappa shape index (κ2) is 7.74. The Morgan fingerprint density at radius 2 is 2.12 bits per heavy atom. The fourth-order valence-electron chi connectivity index (χ4n) is 2.54. The zero-order valence-electron chi connectivity index (χ0n) is 14.9. The van der Waals surface area contributed by atoms with E-state index >= 15 is 0 Å². The van der Waals surface area contributed by atoms with E-state index in [9.17, 15) is 14.3 Å². The average molecular weight is 353 g/mol. The van der Waals surface area contributed by atoms with Crippen LogP contribution in [0, 0.1) is 5.82 Å². The summed E-state index contributed by atoms with van der Waals surface area (Å²) in [6, 6.07) is 4.47. The Bertz CT molecular complexity index is 653. The van der Waals surface area contributed by atoms with Gasteiger partial charge in [-0.1, -0.05) is 0 Å². The van der Waals surface area contributed by atoms with Crippen LogP contribution in [0.3, 0.4) is 0 Å². The maximum atomic E-state index is 14.0. The first-order valence-electron chi connectivity index (χ1n) is 8.05. The van der Waals surface area contributed by atoms with Crippen molar-refractivity contribution in [2.45, 2.75) is 45.4 Å². The van der Waals surface area contributed by atoms with Crippen LogP contribution in [0.25, 0.3) is 0 Å². The lowest BCUT2D eigenvalue weighted by Gasteiger charge is -2.28. The standard InChI is InChI=1S/C18H24FNO5/c1-18(2,3)25-17(22)8-7-16-20(13(10-21)11-24-16)12-5-6-15(23-4)14(19)9-12/h5-6,9,11,16,21H,7-8,10H2,1-4H3. The minimum Gasteiger partial charge on any atom is -0.494 e. The van der Waals surface area contributed by atoms with Crippen molar-refractivity contribution < 1.29 is 28.5 Å². The minimum absolute atomic E-state index is 0.128. The number of halogens is 1. The van der Waals surface area contributed by atoms with Crippen molar-refractivity contribution in [1.82, 2.24) is 0 Å². The van der Waals surface area contributed by atoms with E-state index in [-0.39, 0.29) is 24.7 Å².